The van der Waals surface area contributed by atoms with Crippen LogP contribution in [0.3, 0.4) is 0 Å². The lowest BCUT2D eigenvalue weighted by atomic mass is 9.89. The van der Waals surface area contributed by atoms with Gasteiger partial charge < -0.3 is 15.3 Å². The number of nitrogens with zero attached hydrogens (tertiary/aromatic N) is 1. The molecular formula is C27H32N2O3. The average Bonchev–Trinajstić information content (AvgIpc) is 3.00. The lowest BCUT2D eigenvalue weighted by Crippen LogP contribution is -2.44. The van der Waals surface area contributed by atoms with Gasteiger partial charge in [0.25, 0.3) is 5.91 Å². The maximum atomic E-state index is 13.2. The lowest BCUT2D eigenvalue weighted by molar-refractivity contribution is -0.117. The van der Waals surface area contributed by atoms with Crippen LogP contribution in [0.25, 0.3) is 0 Å². The first-order chi connectivity index (χ1) is 15.3. The van der Waals surface area contributed by atoms with Crippen molar-refractivity contribution in [3.8, 4) is 0 Å². The third-order valence-corrected chi connectivity index (χ3v) is 5.62. The van der Waals surface area contributed by atoms with Crippen LogP contribution in [0.15, 0.2) is 83.6 Å². The summed E-state index contributed by atoms with van der Waals surface area (Å²) in [6.07, 6.45) is 2.21. The molecule has 0 spiro atoms. The van der Waals surface area contributed by atoms with Crippen molar-refractivity contribution in [1.82, 2.24) is 10.2 Å². The van der Waals surface area contributed by atoms with Gasteiger partial charge in [0.05, 0.1) is 5.57 Å². The van der Waals surface area contributed by atoms with E-state index in [0.717, 1.165) is 6.42 Å². The first-order valence-electron chi connectivity index (χ1n) is 11.2. The minimum Gasteiger partial charge on any atom is -0.363 e. The van der Waals surface area contributed by atoms with Crippen molar-refractivity contribution in [3.05, 3.63) is 94.7 Å². The molecule has 1 amide bonds. The third-order valence-electron chi connectivity index (χ3n) is 5.62. The van der Waals surface area contributed by atoms with Crippen LogP contribution in [-0.4, -0.2) is 34.8 Å². The average molecular weight is 433 g/mol. The quantitative estimate of drug-likeness (QED) is 0.479. The van der Waals surface area contributed by atoms with Crippen LogP contribution in [0, 0.1) is 5.92 Å². The number of benzene rings is 2. The molecule has 3 rings (SSSR count). The maximum Gasteiger partial charge on any atom is 0.253 e. The summed E-state index contributed by atoms with van der Waals surface area (Å²) in [7, 11) is 0. The number of rotatable bonds is 8. The van der Waals surface area contributed by atoms with Crippen molar-refractivity contribution in [2.24, 2.45) is 5.92 Å². The lowest BCUT2D eigenvalue weighted by Gasteiger charge is -2.39. The number of carbonyl (C=O) groups is 2. The summed E-state index contributed by atoms with van der Waals surface area (Å²) in [5, 5.41) is 15.1. The van der Waals surface area contributed by atoms with Gasteiger partial charge in [-0.3, -0.25) is 9.59 Å². The Labute approximate surface area is 190 Å². The van der Waals surface area contributed by atoms with Crippen molar-refractivity contribution in [2.45, 2.75) is 39.8 Å². The number of hydrogen-bond donors (Lipinski definition) is 2. The molecule has 0 bridgehead atoms. The first kappa shape index (κ1) is 23.5. The van der Waals surface area contributed by atoms with Crippen LogP contribution >= 0.6 is 0 Å². The Bertz CT molecular complexity index is 1030. The minimum atomic E-state index is -1.63. The molecule has 168 valence electrons. The number of allylic oxidation sites excluding steroid dienone is 2. The summed E-state index contributed by atoms with van der Waals surface area (Å²) in [6.45, 7) is 8.99. The smallest absolute Gasteiger partial charge is 0.253 e. The molecule has 0 radical (unpaired) electrons. The van der Waals surface area contributed by atoms with Gasteiger partial charge in [0.2, 0.25) is 0 Å². The fraction of sp³-hybridized carbons (Fsp3) is 0.333. The van der Waals surface area contributed by atoms with E-state index >= 15 is 0 Å². The van der Waals surface area contributed by atoms with Gasteiger partial charge in [0.15, 0.2) is 11.5 Å². The summed E-state index contributed by atoms with van der Waals surface area (Å²) in [6, 6.07) is 18.1. The van der Waals surface area contributed by atoms with Gasteiger partial charge >= 0.3 is 0 Å². The highest BCUT2D eigenvalue weighted by Crippen LogP contribution is 2.47. The molecule has 1 heterocycles. The van der Waals surface area contributed by atoms with Crippen molar-refractivity contribution in [1.29, 1.82) is 0 Å². The molecule has 0 fully saturated rings. The molecule has 1 atom stereocenters. The second-order valence-electron chi connectivity index (χ2n) is 8.55. The fourth-order valence-corrected chi connectivity index (χ4v) is 4.11. The van der Waals surface area contributed by atoms with Gasteiger partial charge in [-0.25, -0.2) is 0 Å². The van der Waals surface area contributed by atoms with Crippen molar-refractivity contribution in [3.63, 3.8) is 0 Å². The molecule has 1 unspecified atom stereocenters. The molecule has 2 N–H and O–H groups in total. The van der Waals surface area contributed by atoms with Gasteiger partial charge in [-0.15, -0.1) is 0 Å². The Hall–Kier alpha value is -3.18. The summed E-state index contributed by atoms with van der Waals surface area (Å²) >= 11 is 0. The second kappa shape index (κ2) is 9.96. The van der Waals surface area contributed by atoms with Crippen LogP contribution < -0.4 is 5.32 Å². The molecule has 5 nitrogen and oxygen atoms in total. The van der Waals surface area contributed by atoms with E-state index in [-0.39, 0.29) is 17.6 Å². The Morgan fingerprint density at radius 1 is 1.06 bits per heavy atom. The standard InChI is InChI=1S/C27H32N2O3/c1-5-16-28-26(31)25-20(4)29(18-19(2)3)27(32,22-14-10-7-11-15-22)23(25)17-24(30)21-12-8-6-9-13-21/h6-15,17,19,32H,5,16,18H2,1-4H3,(H,28,31)/b23-17-. The number of ketones is 1. The summed E-state index contributed by atoms with van der Waals surface area (Å²) in [5.41, 5.74) is 0.817. The monoisotopic (exact) mass is 432 g/mol. The Morgan fingerprint density at radius 3 is 2.22 bits per heavy atom. The number of amides is 1. The van der Waals surface area contributed by atoms with E-state index in [0.29, 0.717) is 41.1 Å². The maximum absolute atomic E-state index is 13.2. The first-order valence-corrected chi connectivity index (χ1v) is 11.2. The molecule has 1 aliphatic heterocycles. The zero-order chi connectivity index (χ0) is 23.3. The van der Waals surface area contributed by atoms with Crippen LogP contribution in [0.1, 0.15) is 50.0 Å². The van der Waals surface area contributed by atoms with E-state index in [1.807, 2.05) is 55.1 Å². The van der Waals surface area contributed by atoms with Crippen molar-refractivity contribution >= 4 is 11.7 Å². The van der Waals surface area contributed by atoms with E-state index in [4.69, 9.17) is 0 Å². The minimum absolute atomic E-state index is 0.226. The van der Waals surface area contributed by atoms with Crippen LogP contribution in [0.2, 0.25) is 0 Å². The van der Waals surface area contributed by atoms with E-state index in [2.05, 4.69) is 19.2 Å². The predicted octanol–water partition coefficient (Wildman–Crippen LogP) is 4.41. The molecule has 0 aliphatic carbocycles. The molecule has 2 aromatic carbocycles. The number of hydrogen-bond acceptors (Lipinski definition) is 4. The highest BCUT2D eigenvalue weighted by molar-refractivity contribution is 6.08. The molecule has 0 saturated heterocycles. The van der Waals surface area contributed by atoms with Crippen LogP contribution in [0.4, 0.5) is 0 Å². The Kier molecular flexibility index (Phi) is 7.31. The predicted molar refractivity (Wildman–Crippen MR) is 127 cm³/mol. The summed E-state index contributed by atoms with van der Waals surface area (Å²) in [4.78, 5) is 28.3. The van der Waals surface area contributed by atoms with E-state index in [1.165, 1.54) is 6.08 Å². The SMILES string of the molecule is CCCNC(=O)C1=C(C)N(CC(C)C)C(O)(c2ccccc2)/C1=C\C(=O)c1ccccc1. The van der Waals surface area contributed by atoms with Crippen molar-refractivity contribution in [2.75, 3.05) is 13.1 Å². The highest BCUT2D eigenvalue weighted by atomic mass is 16.3. The Balaban J connectivity index is 2.22. The van der Waals surface area contributed by atoms with E-state index < -0.39 is 5.72 Å². The normalized spacial score (nSPS) is 19.7. The van der Waals surface area contributed by atoms with E-state index in [9.17, 15) is 14.7 Å². The number of nitrogens with one attached hydrogen (secondary N) is 1. The molecule has 32 heavy (non-hydrogen) atoms. The van der Waals surface area contributed by atoms with Gasteiger partial charge in [-0.05, 0) is 25.3 Å². The molecule has 2 aromatic rings. The summed E-state index contributed by atoms with van der Waals surface area (Å²) < 4.78 is 0. The van der Waals surface area contributed by atoms with Crippen LogP contribution in [-0.2, 0) is 10.5 Å². The van der Waals surface area contributed by atoms with Crippen LogP contribution in [0.5, 0.6) is 0 Å². The molecule has 0 saturated carbocycles. The topological polar surface area (TPSA) is 69.6 Å². The largest absolute Gasteiger partial charge is 0.363 e. The molecular weight excluding hydrogens is 400 g/mol. The molecule has 0 aromatic heterocycles. The van der Waals surface area contributed by atoms with Gasteiger partial charge in [-0.2, -0.15) is 0 Å². The molecule has 1 aliphatic rings. The Morgan fingerprint density at radius 2 is 1.66 bits per heavy atom. The van der Waals surface area contributed by atoms with E-state index in [1.54, 1.807) is 24.3 Å². The zero-order valence-corrected chi connectivity index (χ0v) is 19.3. The molecule has 5 heteroatoms. The second-order valence-corrected chi connectivity index (χ2v) is 8.55. The third kappa shape index (κ3) is 4.53. The summed E-state index contributed by atoms with van der Waals surface area (Å²) in [5.74, 6) is -0.309. The van der Waals surface area contributed by atoms with Gasteiger partial charge in [0, 0.05) is 35.5 Å². The highest BCUT2D eigenvalue weighted by Gasteiger charge is 2.50. The van der Waals surface area contributed by atoms with Gasteiger partial charge in [-0.1, -0.05) is 81.4 Å². The number of aliphatic hydroxyl groups is 1. The van der Waals surface area contributed by atoms with Gasteiger partial charge in [0.1, 0.15) is 0 Å². The fourth-order valence-electron chi connectivity index (χ4n) is 4.11. The zero-order valence-electron chi connectivity index (χ0n) is 19.3. The van der Waals surface area contributed by atoms with Crippen molar-refractivity contribution < 1.29 is 14.7 Å². The number of carbonyl (C=O) groups excluding carboxylic acids is 2.